The number of benzene rings is 2. The lowest BCUT2D eigenvalue weighted by atomic mass is 9.87. The quantitative estimate of drug-likeness (QED) is 0.199. The van der Waals surface area contributed by atoms with Gasteiger partial charge in [-0.25, -0.2) is 17.9 Å². The SMILES string of the molecule is CC1(C)OC[C@H]2O[C@@]3(CCCO3)[C@H](OCc3ccccc3O[Si](C)(C)C(C)(C)C)[C@@H](n3cc(-c4cc(F)c(F)c(F)c4)nn3)[C@H]2O1. The van der Waals surface area contributed by atoms with Gasteiger partial charge in [0.2, 0.25) is 8.32 Å². The van der Waals surface area contributed by atoms with Crippen molar-refractivity contribution >= 4 is 8.32 Å². The van der Waals surface area contributed by atoms with Crippen LogP contribution in [0.1, 0.15) is 59.1 Å². The number of para-hydroxylation sites is 1. The van der Waals surface area contributed by atoms with E-state index in [1.165, 1.54) is 0 Å². The van der Waals surface area contributed by atoms with Crippen LogP contribution in [-0.2, 0) is 30.3 Å². The third kappa shape index (κ3) is 6.25. The largest absolute Gasteiger partial charge is 0.543 e. The molecule has 1 spiro atoms. The molecule has 0 aliphatic carbocycles. The fourth-order valence-corrected chi connectivity index (χ4v) is 7.07. The van der Waals surface area contributed by atoms with Crippen molar-refractivity contribution in [1.82, 2.24) is 15.0 Å². The van der Waals surface area contributed by atoms with Crippen molar-refractivity contribution < 1.29 is 41.3 Å². The van der Waals surface area contributed by atoms with Crippen LogP contribution in [0.15, 0.2) is 42.6 Å². The predicted molar refractivity (Wildman–Crippen MR) is 165 cm³/mol. The first-order valence-electron chi connectivity index (χ1n) is 15.7. The molecule has 3 aliphatic heterocycles. The van der Waals surface area contributed by atoms with Crippen LogP contribution in [0, 0.1) is 17.5 Å². The Hall–Kier alpha value is -2.81. The first-order chi connectivity index (χ1) is 21.6. The molecule has 5 atom stereocenters. The molecule has 3 aromatic rings. The maximum Gasteiger partial charge on any atom is 0.250 e. The predicted octanol–water partition coefficient (Wildman–Crippen LogP) is 6.93. The van der Waals surface area contributed by atoms with Crippen molar-refractivity contribution in [2.75, 3.05) is 13.2 Å². The summed E-state index contributed by atoms with van der Waals surface area (Å²) in [6, 6.07) is 8.96. The molecule has 2 aromatic carbocycles. The summed E-state index contributed by atoms with van der Waals surface area (Å²) in [6.07, 6.45) is 0.968. The number of fused-ring (bicyclic) bond motifs is 1. The smallest absolute Gasteiger partial charge is 0.250 e. The van der Waals surface area contributed by atoms with Crippen LogP contribution in [0.4, 0.5) is 13.2 Å². The molecular weight excluding hydrogens is 619 g/mol. The molecule has 1 aromatic heterocycles. The van der Waals surface area contributed by atoms with Crippen LogP contribution < -0.4 is 4.43 Å². The van der Waals surface area contributed by atoms with Crippen molar-refractivity contribution in [2.24, 2.45) is 0 Å². The molecule has 0 amide bonds. The topological polar surface area (TPSA) is 86.1 Å². The van der Waals surface area contributed by atoms with Crippen molar-refractivity contribution in [3.8, 4) is 17.0 Å². The zero-order chi connectivity index (χ0) is 33.1. The van der Waals surface area contributed by atoms with E-state index in [2.05, 4.69) is 44.2 Å². The van der Waals surface area contributed by atoms with Crippen molar-refractivity contribution in [3.05, 3.63) is 65.6 Å². The highest BCUT2D eigenvalue weighted by molar-refractivity contribution is 6.74. The molecule has 0 unspecified atom stereocenters. The van der Waals surface area contributed by atoms with E-state index in [0.29, 0.717) is 13.0 Å². The summed E-state index contributed by atoms with van der Waals surface area (Å²) in [7, 11) is -2.16. The van der Waals surface area contributed by atoms with Gasteiger partial charge in [0, 0.05) is 17.5 Å². The highest BCUT2D eigenvalue weighted by Crippen LogP contribution is 2.48. The van der Waals surface area contributed by atoms with Crippen LogP contribution in [0.25, 0.3) is 11.3 Å². The van der Waals surface area contributed by atoms with Gasteiger partial charge in [0.1, 0.15) is 35.8 Å². The van der Waals surface area contributed by atoms with E-state index in [0.717, 1.165) is 29.9 Å². The Kier molecular flexibility index (Phi) is 8.64. The molecular formula is C33H42F3N3O6Si. The molecule has 0 saturated carbocycles. The van der Waals surface area contributed by atoms with Crippen LogP contribution >= 0.6 is 0 Å². The van der Waals surface area contributed by atoms with E-state index in [4.69, 9.17) is 28.1 Å². The first-order valence-corrected chi connectivity index (χ1v) is 18.6. The zero-order valence-corrected chi connectivity index (χ0v) is 28.3. The van der Waals surface area contributed by atoms with E-state index in [9.17, 15) is 13.2 Å². The van der Waals surface area contributed by atoms with E-state index >= 15 is 0 Å². The van der Waals surface area contributed by atoms with Crippen LogP contribution in [0.5, 0.6) is 5.75 Å². The average Bonchev–Trinajstić information content (AvgIpc) is 3.65. The summed E-state index contributed by atoms with van der Waals surface area (Å²) in [4.78, 5) is 0. The van der Waals surface area contributed by atoms with Crippen molar-refractivity contribution in [3.63, 3.8) is 0 Å². The molecule has 9 nitrogen and oxygen atoms in total. The lowest BCUT2D eigenvalue weighted by Gasteiger charge is -2.54. The second-order valence-electron chi connectivity index (χ2n) is 14.2. The fourth-order valence-electron chi connectivity index (χ4n) is 6.02. The summed E-state index contributed by atoms with van der Waals surface area (Å²) in [6.45, 7) is 15.5. The van der Waals surface area contributed by atoms with Gasteiger partial charge >= 0.3 is 0 Å². The van der Waals surface area contributed by atoms with Gasteiger partial charge in [0.05, 0.1) is 26.0 Å². The summed E-state index contributed by atoms with van der Waals surface area (Å²) in [5.41, 5.74) is 1.06. The second kappa shape index (κ2) is 12.0. The van der Waals surface area contributed by atoms with Crippen LogP contribution in [-0.4, -0.2) is 66.4 Å². The molecule has 0 bridgehead atoms. The summed E-state index contributed by atoms with van der Waals surface area (Å²) >= 11 is 0. The van der Waals surface area contributed by atoms with Gasteiger partial charge in [0.15, 0.2) is 29.0 Å². The third-order valence-electron chi connectivity index (χ3n) is 9.49. The van der Waals surface area contributed by atoms with E-state index in [1.807, 2.05) is 38.1 Å². The number of ether oxygens (including phenoxy) is 5. The van der Waals surface area contributed by atoms with Gasteiger partial charge in [-0.1, -0.05) is 44.2 Å². The third-order valence-corrected chi connectivity index (χ3v) is 13.8. The normalized spacial score (nSPS) is 28.0. The minimum Gasteiger partial charge on any atom is -0.543 e. The second-order valence-corrected chi connectivity index (χ2v) is 19.0. The number of hydrogen-bond acceptors (Lipinski definition) is 8. The molecule has 0 radical (unpaired) electrons. The van der Waals surface area contributed by atoms with Crippen molar-refractivity contribution in [1.29, 1.82) is 0 Å². The molecule has 6 rings (SSSR count). The minimum absolute atomic E-state index is 0.00558. The molecule has 13 heteroatoms. The Morgan fingerprint density at radius 1 is 1.04 bits per heavy atom. The molecule has 3 fully saturated rings. The minimum atomic E-state index is -2.16. The Bertz CT molecular complexity index is 1550. The Morgan fingerprint density at radius 2 is 1.76 bits per heavy atom. The molecule has 4 heterocycles. The van der Waals surface area contributed by atoms with Gasteiger partial charge < -0.3 is 28.1 Å². The first kappa shape index (κ1) is 33.1. The highest BCUT2D eigenvalue weighted by atomic mass is 28.4. The Labute approximate surface area is 268 Å². The molecule has 250 valence electrons. The summed E-state index contributed by atoms with van der Waals surface area (Å²) in [5.74, 6) is -5.51. The Balaban J connectivity index is 1.38. The van der Waals surface area contributed by atoms with E-state index in [-0.39, 0.29) is 29.5 Å². The number of aromatic nitrogens is 3. The maximum absolute atomic E-state index is 14.2. The van der Waals surface area contributed by atoms with E-state index in [1.54, 1.807) is 10.9 Å². The zero-order valence-electron chi connectivity index (χ0n) is 27.3. The summed E-state index contributed by atoms with van der Waals surface area (Å²) in [5, 5.41) is 8.59. The number of halogens is 3. The van der Waals surface area contributed by atoms with Gasteiger partial charge in [0.25, 0.3) is 0 Å². The van der Waals surface area contributed by atoms with Gasteiger partial charge in [-0.2, -0.15) is 0 Å². The fraction of sp³-hybridized carbons (Fsp3) is 0.576. The number of rotatable bonds is 7. The van der Waals surface area contributed by atoms with Gasteiger partial charge in [-0.15, -0.1) is 5.10 Å². The summed E-state index contributed by atoms with van der Waals surface area (Å²) < 4.78 is 82.5. The van der Waals surface area contributed by atoms with Crippen LogP contribution in [0.2, 0.25) is 18.1 Å². The standard InChI is InChI=1S/C33H42F3N3O6Si/c1-31(2,3)46(6,7)45-25-12-9-8-11-20(25)18-40-30-28(39-17-24(37-38-39)21-15-22(34)27(36)23(35)16-21)29-26(19-42-32(4,5)44-29)43-33(30)13-10-14-41-33/h8-9,11-12,15-17,26,28-30H,10,13-14,18-19H2,1-7H3/t26-,28+,29+,30-,33+/m1/s1. The lowest BCUT2D eigenvalue weighted by Crippen LogP contribution is -2.67. The van der Waals surface area contributed by atoms with Crippen molar-refractivity contribution in [2.45, 2.75) is 108 Å². The monoisotopic (exact) mass is 661 g/mol. The Morgan fingerprint density at radius 3 is 2.43 bits per heavy atom. The van der Waals surface area contributed by atoms with Gasteiger partial charge in [-0.3, -0.25) is 0 Å². The molecule has 0 N–H and O–H groups in total. The van der Waals surface area contributed by atoms with Gasteiger partial charge in [-0.05, 0) is 56.6 Å². The molecule has 3 saturated heterocycles. The van der Waals surface area contributed by atoms with Crippen LogP contribution in [0.3, 0.4) is 0 Å². The van der Waals surface area contributed by atoms with E-state index < -0.39 is 61.7 Å². The lowest BCUT2D eigenvalue weighted by molar-refractivity contribution is -0.404. The number of nitrogens with zero attached hydrogens (tertiary/aromatic N) is 3. The molecule has 46 heavy (non-hydrogen) atoms. The average molecular weight is 662 g/mol. The maximum atomic E-state index is 14.2. The molecule has 3 aliphatic rings. The highest BCUT2D eigenvalue weighted by Gasteiger charge is 2.61. The number of hydrogen-bond donors (Lipinski definition) is 0.